The minimum atomic E-state index is -4.62. The second kappa shape index (κ2) is 5.88. The van der Waals surface area contributed by atoms with Crippen molar-refractivity contribution in [2.75, 3.05) is 0 Å². The highest BCUT2D eigenvalue weighted by Crippen LogP contribution is 2.43. The summed E-state index contributed by atoms with van der Waals surface area (Å²) >= 11 is 0. The van der Waals surface area contributed by atoms with Crippen LogP contribution in [-0.2, 0) is 6.18 Å². The van der Waals surface area contributed by atoms with E-state index in [1.807, 2.05) is 0 Å². The molecule has 0 amide bonds. The lowest BCUT2D eigenvalue weighted by atomic mass is 9.91. The number of hydrogen-bond donors (Lipinski definition) is 0. The monoisotopic (exact) mass is 315 g/mol. The SMILES string of the molecule is Fc1ccccc1-c1[c]ccc(-c2ccccc2)c1C(F)(F)F. The third kappa shape index (κ3) is 2.97. The zero-order chi connectivity index (χ0) is 16.4. The first-order valence-electron chi connectivity index (χ1n) is 6.90. The van der Waals surface area contributed by atoms with Crippen LogP contribution in [0.15, 0.2) is 66.7 Å². The molecule has 0 aliphatic heterocycles. The van der Waals surface area contributed by atoms with Crippen molar-refractivity contribution in [3.8, 4) is 22.3 Å². The first-order valence-corrected chi connectivity index (χ1v) is 6.90. The molecular formula is C19H11F4. The van der Waals surface area contributed by atoms with E-state index in [2.05, 4.69) is 6.07 Å². The topological polar surface area (TPSA) is 0 Å². The summed E-state index contributed by atoms with van der Waals surface area (Å²) in [5.41, 5.74) is -0.840. The molecule has 0 bridgehead atoms. The lowest BCUT2D eigenvalue weighted by molar-refractivity contribution is -0.136. The fourth-order valence-corrected chi connectivity index (χ4v) is 2.53. The Kier molecular flexibility index (Phi) is 3.90. The minimum Gasteiger partial charge on any atom is -0.206 e. The molecule has 0 unspecified atom stereocenters. The van der Waals surface area contributed by atoms with Crippen molar-refractivity contribution >= 4 is 0 Å². The molecule has 0 fully saturated rings. The van der Waals surface area contributed by atoms with Crippen LogP contribution in [0, 0.1) is 11.9 Å². The minimum absolute atomic E-state index is 0.00935. The Morgan fingerprint density at radius 2 is 1.39 bits per heavy atom. The Morgan fingerprint density at radius 3 is 2.04 bits per heavy atom. The molecule has 3 aromatic rings. The Labute approximate surface area is 131 Å². The second-order valence-electron chi connectivity index (χ2n) is 4.98. The van der Waals surface area contributed by atoms with Crippen LogP contribution >= 0.6 is 0 Å². The van der Waals surface area contributed by atoms with E-state index in [-0.39, 0.29) is 16.7 Å². The van der Waals surface area contributed by atoms with E-state index < -0.39 is 17.6 Å². The van der Waals surface area contributed by atoms with Crippen molar-refractivity contribution < 1.29 is 17.6 Å². The van der Waals surface area contributed by atoms with E-state index >= 15 is 0 Å². The number of benzene rings is 3. The van der Waals surface area contributed by atoms with Crippen molar-refractivity contribution in [3.63, 3.8) is 0 Å². The van der Waals surface area contributed by atoms with Gasteiger partial charge in [0.05, 0.1) is 5.56 Å². The molecule has 0 N–H and O–H groups in total. The van der Waals surface area contributed by atoms with Crippen molar-refractivity contribution in [1.82, 2.24) is 0 Å². The maximum atomic E-state index is 14.0. The highest BCUT2D eigenvalue weighted by Gasteiger charge is 2.37. The molecule has 0 aromatic heterocycles. The van der Waals surface area contributed by atoms with E-state index in [4.69, 9.17) is 0 Å². The van der Waals surface area contributed by atoms with Gasteiger partial charge in [0.25, 0.3) is 0 Å². The number of rotatable bonds is 2. The van der Waals surface area contributed by atoms with Crippen LogP contribution in [0.2, 0.25) is 0 Å². The van der Waals surface area contributed by atoms with Crippen molar-refractivity contribution in [2.24, 2.45) is 0 Å². The zero-order valence-electron chi connectivity index (χ0n) is 11.9. The van der Waals surface area contributed by atoms with Gasteiger partial charge in [0.15, 0.2) is 0 Å². The van der Waals surface area contributed by atoms with Gasteiger partial charge in [0.2, 0.25) is 0 Å². The molecule has 4 heteroatoms. The molecule has 23 heavy (non-hydrogen) atoms. The van der Waals surface area contributed by atoms with Crippen LogP contribution in [0.3, 0.4) is 0 Å². The first-order chi connectivity index (χ1) is 11.0. The van der Waals surface area contributed by atoms with Gasteiger partial charge in [0.1, 0.15) is 5.82 Å². The zero-order valence-corrected chi connectivity index (χ0v) is 11.9. The first kappa shape index (κ1) is 15.3. The van der Waals surface area contributed by atoms with Crippen molar-refractivity contribution in [1.29, 1.82) is 0 Å². The van der Waals surface area contributed by atoms with Crippen LogP contribution in [-0.4, -0.2) is 0 Å². The lowest BCUT2D eigenvalue weighted by Crippen LogP contribution is -2.10. The summed E-state index contributed by atoms with van der Waals surface area (Å²) in [6, 6.07) is 18.9. The number of halogens is 4. The molecule has 0 atom stereocenters. The quantitative estimate of drug-likeness (QED) is 0.510. The van der Waals surface area contributed by atoms with E-state index in [0.29, 0.717) is 5.56 Å². The molecule has 1 radical (unpaired) electrons. The van der Waals surface area contributed by atoms with Gasteiger partial charge < -0.3 is 0 Å². The summed E-state index contributed by atoms with van der Waals surface area (Å²) in [6.07, 6.45) is -4.62. The summed E-state index contributed by atoms with van der Waals surface area (Å²) in [6.45, 7) is 0. The average Bonchev–Trinajstić information content (AvgIpc) is 2.54. The molecule has 0 aliphatic rings. The van der Waals surface area contributed by atoms with Crippen LogP contribution in [0.5, 0.6) is 0 Å². The van der Waals surface area contributed by atoms with Crippen LogP contribution in [0.4, 0.5) is 17.6 Å². The average molecular weight is 315 g/mol. The van der Waals surface area contributed by atoms with Crippen molar-refractivity contribution in [2.45, 2.75) is 6.18 Å². The van der Waals surface area contributed by atoms with E-state index in [9.17, 15) is 17.6 Å². The Balaban J connectivity index is 2.33. The molecule has 115 valence electrons. The van der Waals surface area contributed by atoms with Crippen molar-refractivity contribution in [3.05, 3.63) is 84.2 Å². The highest BCUT2D eigenvalue weighted by molar-refractivity contribution is 5.79. The standard InChI is InChI=1S/C19H11F4/c20-17-12-5-4-9-15(17)16-11-6-10-14(18(16)19(21,22)23)13-7-2-1-3-8-13/h1-10,12H. The van der Waals surface area contributed by atoms with Gasteiger partial charge in [-0.25, -0.2) is 4.39 Å². The molecule has 0 saturated heterocycles. The van der Waals surface area contributed by atoms with Gasteiger partial charge >= 0.3 is 6.18 Å². The Bertz CT molecular complexity index is 820. The Morgan fingerprint density at radius 1 is 0.739 bits per heavy atom. The van der Waals surface area contributed by atoms with Gasteiger partial charge in [-0.15, -0.1) is 0 Å². The Hall–Kier alpha value is -2.62. The molecule has 0 heterocycles. The molecule has 3 rings (SSSR count). The summed E-state index contributed by atoms with van der Waals surface area (Å²) in [7, 11) is 0. The lowest BCUT2D eigenvalue weighted by Gasteiger charge is -2.18. The molecule has 0 spiro atoms. The summed E-state index contributed by atoms with van der Waals surface area (Å²) < 4.78 is 55.0. The number of hydrogen-bond acceptors (Lipinski definition) is 0. The maximum absolute atomic E-state index is 14.0. The van der Waals surface area contributed by atoms with Crippen LogP contribution < -0.4 is 0 Å². The fraction of sp³-hybridized carbons (Fsp3) is 0.0526. The van der Waals surface area contributed by atoms with Gasteiger partial charge in [0, 0.05) is 11.1 Å². The summed E-state index contributed by atoms with van der Waals surface area (Å²) in [5.74, 6) is -0.709. The van der Waals surface area contributed by atoms with Crippen LogP contribution in [0.1, 0.15) is 5.56 Å². The van der Waals surface area contributed by atoms with E-state index in [1.54, 1.807) is 30.3 Å². The van der Waals surface area contributed by atoms with Gasteiger partial charge in [-0.3, -0.25) is 0 Å². The molecule has 0 nitrogen and oxygen atoms in total. The maximum Gasteiger partial charge on any atom is 0.417 e. The molecule has 0 aliphatic carbocycles. The highest BCUT2D eigenvalue weighted by atomic mass is 19.4. The predicted octanol–water partition coefficient (Wildman–Crippen LogP) is 5.98. The van der Waals surface area contributed by atoms with Gasteiger partial charge in [-0.1, -0.05) is 60.7 Å². The largest absolute Gasteiger partial charge is 0.417 e. The molecule has 3 aromatic carbocycles. The smallest absolute Gasteiger partial charge is 0.206 e. The normalized spacial score (nSPS) is 11.5. The number of alkyl halides is 3. The van der Waals surface area contributed by atoms with Crippen LogP contribution in [0.25, 0.3) is 22.3 Å². The fourth-order valence-electron chi connectivity index (χ4n) is 2.53. The van der Waals surface area contributed by atoms with E-state index in [0.717, 1.165) is 6.07 Å². The summed E-state index contributed by atoms with van der Waals surface area (Å²) in [4.78, 5) is 0. The molecular weight excluding hydrogens is 304 g/mol. The molecule has 0 saturated carbocycles. The second-order valence-corrected chi connectivity index (χ2v) is 4.98. The predicted molar refractivity (Wildman–Crippen MR) is 81.1 cm³/mol. The summed E-state index contributed by atoms with van der Waals surface area (Å²) in [5, 5.41) is 0. The third-order valence-corrected chi connectivity index (χ3v) is 3.51. The third-order valence-electron chi connectivity index (χ3n) is 3.51. The van der Waals surface area contributed by atoms with Gasteiger partial charge in [-0.05, 0) is 23.3 Å². The van der Waals surface area contributed by atoms with Gasteiger partial charge in [-0.2, -0.15) is 13.2 Å². The van der Waals surface area contributed by atoms with E-state index in [1.165, 1.54) is 30.3 Å².